The number of thiocarbonyl (C=S) groups is 1. The lowest BCUT2D eigenvalue weighted by molar-refractivity contribution is 0.103. The van der Waals surface area contributed by atoms with E-state index in [4.69, 9.17) is 12.2 Å². The van der Waals surface area contributed by atoms with Crippen molar-refractivity contribution >= 4 is 22.9 Å². The first-order chi connectivity index (χ1) is 7.27. The number of rotatable bonds is 2. The summed E-state index contributed by atoms with van der Waals surface area (Å²) in [4.78, 5) is 12.8. The van der Waals surface area contributed by atoms with Gasteiger partial charge in [0.15, 0.2) is 5.78 Å². The van der Waals surface area contributed by atoms with Gasteiger partial charge in [-0.2, -0.15) is 0 Å². The maximum Gasteiger partial charge on any atom is 0.192 e. The fourth-order valence-electron chi connectivity index (χ4n) is 1.45. The van der Waals surface area contributed by atoms with Crippen LogP contribution in [-0.4, -0.2) is 10.6 Å². The molecular formula is C13H10OS. The van der Waals surface area contributed by atoms with Crippen LogP contribution in [0.25, 0.3) is 0 Å². The number of allylic oxidation sites excluding steroid dienone is 4. The first-order valence-electron chi connectivity index (χ1n) is 4.78. The zero-order valence-corrected chi connectivity index (χ0v) is 8.96. The van der Waals surface area contributed by atoms with Gasteiger partial charge in [0.05, 0.1) is 0 Å². The summed E-state index contributed by atoms with van der Waals surface area (Å²) in [6.45, 7) is 0. The molecule has 1 aliphatic rings. The van der Waals surface area contributed by atoms with Crippen LogP contribution in [0, 0.1) is 0 Å². The second-order valence-electron chi connectivity index (χ2n) is 3.36. The minimum Gasteiger partial charge on any atom is -0.289 e. The summed E-state index contributed by atoms with van der Waals surface area (Å²) in [5.41, 5.74) is 1.45. The van der Waals surface area contributed by atoms with Gasteiger partial charge in [-0.15, -0.1) is 0 Å². The van der Waals surface area contributed by atoms with E-state index in [1.165, 1.54) is 0 Å². The summed E-state index contributed by atoms with van der Waals surface area (Å²) < 4.78 is 0. The van der Waals surface area contributed by atoms with Gasteiger partial charge in [-0.25, -0.2) is 0 Å². The standard InChI is InChI=1S/C13H10OS/c14-13(10-4-2-1-3-5-10)11-6-8-12(15)9-7-11/h1-8H,9H2. The Balaban J connectivity index is 2.24. The van der Waals surface area contributed by atoms with Gasteiger partial charge >= 0.3 is 0 Å². The third-order valence-electron chi connectivity index (χ3n) is 2.27. The maximum atomic E-state index is 11.9. The van der Waals surface area contributed by atoms with Crippen molar-refractivity contribution in [2.24, 2.45) is 0 Å². The molecule has 2 heteroatoms. The Kier molecular flexibility index (Phi) is 2.88. The third kappa shape index (κ3) is 2.28. The predicted molar refractivity (Wildman–Crippen MR) is 65.2 cm³/mol. The highest BCUT2D eigenvalue weighted by Crippen LogP contribution is 2.14. The topological polar surface area (TPSA) is 17.1 Å². The summed E-state index contributed by atoms with van der Waals surface area (Å²) in [5.74, 6) is 0.0642. The van der Waals surface area contributed by atoms with Crippen molar-refractivity contribution in [1.82, 2.24) is 0 Å². The summed E-state index contributed by atoms with van der Waals surface area (Å²) in [7, 11) is 0. The summed E-state index contributed by atoms with van der Waals surface area (Å²) >= 11 is 5.02. The average molecular weight is 214 g/mol. The molecule has 1 aliphatic carbocycles. The van der Waals surface area contributed by atoms with Crippen molar-refractivity contribution in [1.29, 1.82) is 0 Å². The van der Waals surface area contributed by atoms with E-state index in [2.05, 4.69) is 0 Å². The van der Waals surface area contributed by atoms with Gasteiger partial charge in [0.2, 0.25) is 0 Å². The van der Waals surface area contributed by atoms with Crippen LogP contribution in [-0.2, 0) is 0 Å². The Morgan fingerprint density at radius 2 is 1.87 bits per heavy atom. The van der Waals surface area contributed by atoms with Gasteiger partial charge in [0.1, 0.15) is 0 Å². The number of carbonyl (C=O) groups is 1. The minimum atomic E-state index is 0.0642. The van der Waals surface area contributed by atoms with Gasteiger partial charge in [-0.3, -0.25) is 4.79 Å². The van der Waals surface area contributed by atoms with E-state index >= 15 is 0 Å². The number of ketones is 1. The van der Waals surface area contributed by atoms with Crippen LogP contribution in [0.2, 0.25) is 0 Å². The minimum absolute atomic E-state index is 0.0642. The number of carbonyl (C=O) groups excluding carboxylic acids is 1. The molecule has 0 amide bonds. The highest BCUT2D eigenvalue weighted by Gasteiger charge is 2.11. The molecule has 74 valence electrons. The normalized spacial score (nSPS) is 14.9. The summed E-state index contributed by atoms with van der Waals surface area (Å²) in [5, 5.41) is 0. The van der Waals surface area contributed by atoms with E-state index in [0.29, 0.717) is 6.42 Å². The molecule has 0 saturated heterocycles. The lowest BCUT2D eigenvalue weighted by Crippen LogP contribution is -2.05. The molecule has 2 rings (SSSR count). The molecule has 0 aromatic heterocycles. The van der Waals surface area contributed by atoms with Gasteiger partial charge in [0.25, 0.3) is 0 Å². The Bertz CT molecular complexity index is 455. The van der Waals surface area contributed by atoms with Crippen molar-refractivity contribution in [2.75, 3.05) is 0 Å². The molecule has 0 atom stereocenters. The molecule has 0 saturated carbocycles. The highest BCUT2D eigenvalue weighted by molar-refractivity contribution is 7.80. The molecular weight excluding hydrogens is 204 g/mol. The van der Waals surface area contributed by atoms with Crippen LogP contribution < -0.4 is 0 Å². The molecule has 0 heterocycles. The number of hydrogen-bond donors (Lipinski definition) is 0. The summed E-state index contributed by atoms with van der Waals surface area (Å²) in [6, 6.07) is 9.28. The van der Waals surface area contributed by atoms with Gasteiger partial charge < -0.3 is 0 Å². The van der Waals surface area contributed by atoms with E-state index in [9.17, 15) is 4.79 Å². The van der Waals surface area contributed by atoms with E-state index in [1.54, 1.807) is 6.08 Å². The maximum absolute atomic E-state index is 11.9. The second kappa shape index (κ2) is 4.32. The first-order valence-corrected chi connectivity index (χ1v) is 5.19. The molecule has 1 aromatic carbocycles. The van der Waals surface area contributed by atoms with E-state index in [0.717, 1.165) is 16.0 Å². The van der Waals surface area contributed by atoms with Crippen LogP contribution in [0.4, 0.5) is 0 Å². The molecule has 0 bridgehead atoms. The quantitative estimate of drug-likeness (QED) is 0.555. The van der Waals surface area contributed by atoms with E-state index in [1.807, 2.05) is 42.5 Å². The van der Waals surface area contributed by atoms with Crippen LogP contribution >= 0.6 is 12.2 Å². The van der Waals surface area contributed by atoms with Crippen molar-refractivity contribution in [3.8, 4) is 0 Å². The van der Waals surface area contributed by atoms with Crippen LogP contribution in [0.3, 0.4) is 0 Å². The van der Waals surface area contributed by atoms with Crippen molar-refractivity contribution < 1.29 is 4.79 Å². The Labute approximate surface area is 94.1 Å². The van der Waals surface area contributed by atoms with E-state index in [-0.39, 0.29) is 5.78 Å². The van der Waals surface area contributed by atoms with E-state index < -0.39 is 0 Å². The average Bonchev–Trinajstić information content (AvgIpc) is 2.30. The number of hydrogen-bond acceptors (Lipinski definition) is 2. The molecule has 0 radical (unpaired) electrons. The smallest absolute Gasteiger partial charge is 0.192 e. The lowest BCUT2D eigenvalue weighted by atomic mass is 9.98. The SMILES string of the molecule is O=C(C1=CCC(=S)C=C1)c1ccccc1. The summed E-state index contributed by atoms with van der Waals surface area (Å²) in [6.07, 6.45) is 6.20. The van der Waals surface area contributed by atoms with Crippen LogP contribution in [0.5, 0.6) is 0 Å². The fraction of sp³-hybridized carbons (Fsp3) is 0.0769. The van der Waals surface area contributed by atoms with Crippen LogP contribution in [0.15, 0.2) is 54.1 Å². The molecule has 0 aliphatic heterocycles. The van der Waals surface area contributed by atoms with Gasteiger partial charge in [-0.1, -0.05) is 54.7 Å². The molecule has 0 unspecified atom stereocenters. The third-order valence-corrected chi connectivity index (χ3v) is 2.57. The fourth-order valence-corrected chi connectivity index (χ4v) is 1.61. The Morgan fingerprint density at radius 3 is 2.47 bits per heavy atom. The Morgan fingerprint density at radius 1 is 1.13 bits per heavy atom. The monoisotopic (exact) mass is 214 g/mol. The lowest BCUT2D eigenvalue weighted by Gasteiger charge is -2.06. The second-order valence-corrected chi connectivity index (χ2v) is 3.88. The number of Topliss-reactive ketones (excluding diaryl/α,β-unsaturated/α-hetero) is 1. The molecule has 0 fully saturated rings. The molecule has 0 spiro atoms. The van der Waals surface area contributed by atoms with Crippen molar-refractivity contribution in [2.45, 2.75) is 6.42 Å². The molecule has 15 heavy (non-hydrogen) atoms. The largest absolute Gasteiger partial charge is 0.289 e. The van der Waals surface area contributed by atoms with Crippen LogP contribution in [0.1, 0.15) is 16.8 Å². The molecule has 0 N–H and O–H groups in total. The zero-order valence-electron chi connectivity index (χ0n) is 8.14. The Hall–Kier alpha value is -1.54. The zero-order chi connectivity index (χ0) is 10.7. The van der Waals surface area contributed by atoms with Crippen molar-refractivity contribution in [3.63, 3.8) is 0 Å². The van der Waals surface area contributed by atoms with Crippen molar-refractivity contribution in [3.05, 3.63) is 59.7 Å². The predicted octanol–water partition coefficient (Wildman–Crippen LogP) is 3.13. The molecule has 1 aromatic rings. The van der Waals surface area contributed by atoms with Gasteiger partial charge in [0, 0.05) is 22.4 Å². The number of benzene rings is 1. The van der Waals surface area contributed by atoms with Gasteiger partial charge in [-0.05, 0) is 6.08 Å². The first kappa shape index (κ1) is 9.99. The highest BCUT2D eigenvalue weighted by atomic mass is 32.1. The molecule has 1 nitrogen and oxygen atoms in total.